The summed E-state index contributed by atoms with van der Waals surface area (Å²) in [5.74, 6) is -0.105. The summed E-state index contributed by atoms with van der Waals surface area (Å²) >= 11 is 0. The van der Waals surface area contributed by atoms with Gasteiger partial charge in [0.05, 0.1) is 6.10 Å². The minimum absolute atomic E-state index is 0.105. The Morgan fingerprint density at radius 1 is 1.04 bits per heavy atom. The van der Waals surface area contributed by atoms with E-state index in [4.69, 9.17) is 4.74 Å². The summed E-state index contributed by atoms with van der Waals surface area (Å²) in [5, 5.41) is 6.26. The predicted octanol–water partition coefficient (Wildman–Crippen LogP) is 3.06. The van der Waals surface area contributed by atoms with Crippen molar-refractivity contribution in [3.05, 3.63) is 54.6 Å². The van der Waals surface area contributed by atoms with E-state index in [1.807, 2.05) is 54.6 Å². The van der Waals surface area contributed by atoms with Gasteiger partial charge in [0.25, 0.3) is 0 Å². The van der Waals surface area contributed by atoms with Gasteiger partial charge in [-0.3, -0.25) is 4.79 Å². The Morgan fingerprint density at radius 2 is 1.74 bits per heavy atom. The van der Waals surface area contributed by atoms with E-state index < -0.39 is 0 Å². The fraction of sp³-hybridized carbons (Fsp3) is 0.316. The molecule has 3 rings (SSSR count). The van der Waals surface area contributed by atoms with Gasteiger partial charge in [-0.05, 0) is 37.6 Å². The van der Waals surface area contributed by atoms with Crippen LogP contribution in [0.25, 0.3) is 11.1 Å². The first-order chi connectivity index (χ1) is 11.3. The molecule has 2 aromatic rings. The highest BCUT2D eigenvalue weighted by Crippen LogP contribution is 2.27. The summed E-state index contributed by atoms with van der Waals surface area (Å²) in [5.41, 5.74) is 2.92. The van der Waals surface area contributed by atoms with Crippen LogP contribution in [-0.2, 0) is 9.53 Å². The summed E-state index contributed by atoms with van der Waals surface area (Å²) in [6.45, 7) is 2.03. The monoisotopic (exact) mass is 310 g/mol. The van der Waals surface area contributed by atoms with Crippen molar-refractivity contribution in [2.75, 3.05) is 25.0 Å². The molecule has 1 amide bonds. The molecule has 1 saturated heterocycles. The van der Waals surface area contributed by atoms with Crippen molar-refractivity contribution in [1.82, 2.24) is 5.32 Å². The molecular weight excluding hydrogens is 288 g/mol. The van der Waals surface area contributed by atoms with Crippen molar-refractivity contribution in [3.63, 3.8) is 0 Å². The molecule has 0 bridgehead atoms. The van der Waals surface area contributed by atoms with Crippen molar-refractivity contribution in [2.45, 2.75) is 18.9 Å². The van der Waals surface area contributed by atoms with E-state index in [0.717, 1.165) is 42.7 Å². The predicted molar refractivity (Wildman–Crippen MR) is 92.4 cm³/mol. The van der Waals surface area contributed by atoms with E-state index in [9.17, 15) is 4.79 Å². The molecule has 0 unspecified atom stereocenters. The lowest BCUT2D eigenvalue weighted by molar-refractivity contribution is -0.123. The summed E-state index contributed by atoms with van der Waals surface area (Å²) < 4.78 is 5.71. The smallest absolute Gasteiger partial charge is 0.250 e. The summed E-state index contributed by atoms with van der Waals surface area (Å²) in [6, 6.07) is 17.9. The maximum atomic E-state index is 12.2. The number of benzene rings is 2. The van der Waals surface area contributed by atoms with Crippen molar-refractivity contribution < 1.29 is 9.53 Å². The number of nitrogens with one attached hydrogen (secondary N) is 2. The topological polar surface area (TPSA) is 50.4 Å². The van der Waals surface area contributed by atoms with Gasteiger partial charge >= 0.3 is 0 Å². The number of carbonyl (C=O) groups is 1. The molecule has 4 nitrogen and oxygen atoms in total. The quantitative estimate of drug-likeness (QED) is 0.892. The number of anilines is 1. The third-order valence-corrected chi connectivity index (χ3v) is 4.02. The van der Waals surface area contributed by atoms with E-state index >= 15 is 0 Å². The van der Waals surface area contributed by atoms with Gasteiger partial charge in [0.15, 0.2) is 0 Å². The molecule has 1 aliphatic heterocycles. The first kappa shape index (κ1) is 15.7. The number of piperidine rings is 1. The molecule has 0 aliphatic carbocycles. The Balaban J connectivity index is 1.62. The maximum Gasteiger partial charge on any atom is 0.250 e. The van der Waals surface area contributed by atoms with Gasteiger partial charge in [0.2, 0.25) is 5.91 Å². The van der Waals surface area contributed by atoms with E-state index in [1.54, 1.807) is 0 Å². The standard InChI is InChI=1S/C19H22N2O2/c22-19(14-23-16-10-12-20-13-11-16)21-18-9-5-4-8-17(18)15-6-2-1-3-7-15/h1-9,16,20H,10-14H2,(H,21,22). The largest absolute Gasteiger partial charge is 0.368 e. The molecule has 0 atom stereocenters. The van der Waals surface area contributed by atoms with E-state index in [0.29, 0.717) is 0 Å². The fourth-order valence-electron chi connectivity index (χ4n) is 2.80. The van der Waals surface area contributed by atoms with E-state index in [1.165, 1.54) is 0 Å². The highest BCUT2D eigenvalue weighted by molar-refractivity contribution is 5.96. The van der Waals surface area contributed by atoms with Crippen LogP contribution >= 0.6 is 0 Å². The molecule has 2 N–H and O–H groups in total. The molecule has 23 heavy (non-hydrogen) atoms. The fourth-order valence-corrected chi connectivity index (χ4v) is 2.80. The average Bonchev–Trinajstić information content (AvgIpc) is 2.62. The van der Waals surface area contributed by atoms with Crippen molar-refractivity contribution in [2.24, 2.45) is 0 Å². The van der Waals surface area contributed by atoms with Crippen molar-refractivity contribution in [3.8, 4) is 11.1 Å². The maximum absolute atomic E-state index is 12.2. The first-order valence-corrected chi connectivity index (χ1v) is 8.09. The number of carbonyl (C=O) groups excluding carboxylic acids is 1. The zero-order valence-electron chi connectivity index (χ0n) is 13.1. The molecule has 0 saturated carbocycles. The molecule has 1 heterocycles. The van der Waals surface area contributed by atoms with Crippen molar-refractivity contribution >= 4 is 11.6 Å². The van der Waals surface area contributed by atoms with Crippen LogP contribution in [0.2, 0.25) is 0 Å². The van der Waals surface area contributed by atoms with Crippen LogP contribution in [0.5, 0.6) is 0 Å². The highest BCUT2D eigenvalue weighted by atomic mass is 16.5. The van der Waals surface area contributed by atoms with Crippen LogP contribution in [0.1, 0.15) is 12.8 Å². The van der Waals surface area contributed by atoms with Gasteiger partial charge in [-0.1, -0.05) is 48.5 Å². The lowest BCUT2D eigenvalue weighted by Crippen LogP contribution is -2.34. The average molecular weight is 310 g/mol. The molecule has 0 aromatic heterocycles. The third kappa shape index (κ3) is 4.41. The second kappa shape index (κ2) is 7.90. The molecule has 0 radical (unpaired) electrons. The minimum atomic E-state index is -0.105. The molecule has 1 aliphatic rings. The summed E-state index contributed by atoms with van der Waals surface area (Å²) in [7, 11) is 0. The lowest BCUT2D eigenvalue weighted by atomic mass is 10.0. The van der Waals surface area contributed by atoms with Gasteiger partial charge < -0.3 is 15.4 Å². The second-order valence-electron chi connectivity index (χ2n) is 5.72. The highest BCUT2D eigenvalue weighted by Gasteiger charge is 2.15. The van der Waals surface area contributed by atoms with Gasteiger partial charge in [-0.15, -0.1) is 0 Å². The Hall–Kier alpha value is -2.17. The number of amides is 1. The normalized spacial score (nSPS) is 15.3. The molecule has 2 aromatic carbocycles. The summed E-state index contributed by atoms with van der Waals surface area (Å²) in [6.07, 6.45) is 2.12. The zero-order valence-corrected chi connectivity index (χ0v) is 13.1. The van der Waals surface area contributed by atoms with Crippen LogP contribution in [0.15, 0.2) is 54.6 Å². The Morgan fingerprint density at radius 3 is 2.52 bits per heavy atom. The number of ether oxygens (including phenoxy) is 1. The Labute approximate surface area is 136 Å². The minimum Gasteiger partial charge on any atom is -0.368 e. The number of hydrogen-bond donors (Lipinski definition) is 2. The van der Waals surface area contributed by atoms with Gasteiger partial charge in [-0.2, -0.15) is 0 Å². The SMILES string of the molecule is O=C(COC1CCNCC1)Nc1ccccc1-c1ccccc1. The van der Waals surface area contributed by atoms with Gasteiger partial charge in [0, 0.05) is 11.3 Å². The number of para-hydroxylation sites is 1. The molecular formula is C19H22N2O2. The Bertz CT molecular complexity index is 637. The molecule has 0 spiro atoms. The number of hydrogen-bond acceptors (Lipinski definition) is 3. The van der Waals surface area contributed by atoms with Gasteiger partial charge in [-0.25, -0.2) is 0 Å². The van der Waals surface area contributed by atoms with Crippen LogP contribution in [0.4, 0.5) is 5.69 Å². The molecule has 1 fully saturated rings. The van der Waals surface area contributed by atoms with Crippen LogP contribution in [0.3, 0.4) is 0 Å². The van der Waals surface area contributed by atoms with Crippen LogP contribution in [0, 0.1) is 0 Å². The van der Waals surface area contributed by atoms with Gasteiger partial charge in [0.1, 0.15) is 6.61 Å². The van der Waals surface area contributed by atoms with E-state index in [2.05, 4.69) is 10.6 Å². The Kier molecular flexibility index (Phi) is 5.40. The second-order valence-corrected chi connectivity index (χ2v) is 5.72. The van der Waals surface area contributed by atoms with Crippen LogP contribution in [-0.4, -0.2) is 31.7 Å². The number of rotatable bonds is 5. The first-order valence-electron chi connectivity index (χ1n) is 8.09. The summed E-state index contributed by atoms with van der Waals surface area (Å²) in [4.78, 5) is 12.2. The molecule has 120 valence electrons. The van der Waals surface area contributed by atoms with Crippen molar-refractivity contribution in [1.29, 1.82) is 0 Å². The third-order valence-electron chi connectivity index (χ3n) is 4.02. The lowest BCUT2D eigenvalue weighted by Gasteiger charge is -2.22. The van der Waals surface area contributed by atoms with Crippen LogP contribution < -0.4 is 10.6 Å². The zero-order chi connectivity index (χ0) is 15.9. The van der Waals surface area contributed by atoms with E-state index in [-0.39, 0.29) is 18.6 Å². The molecule has 4 heteroatoms.